The van der Waals surface area contributed by atoms with Gasteiger partial charge in [0.15, 0.2) is 0 Å². The fourth-order valence-corrected chi connectivity index (χ4v) is 2.69. The van der Waals surface area contributed by atoms with E-state index in [1.54, 1.807) is 11.0 Å². The molecule has 4 heteroatoms. The van der Waals surface area contributed by atoms with Gasteiger partial charge in [0.1, 0.15) is 12.7 Å². The summed E-state index contributed by atoms with van der Waals surface area (Å²) in [5.41, 5.74) is -0.552. The molecule has 1 N–H and O–H groups in total. The van der Waals surface area contributed by atoms with Crippen LogP contribution in [0.4, 0.5) is 0 Å². The summed E-state index contributed by atoms with van der Waals surface area (Å²) in [6.07, 6.45) is 8.65. The second-order valence-corrected chi connectivity index (χ2v) is 4.57. The first-order chi connectivity index (χ1) is 7.24. The van der Waals surface area contributed by atoms with Crippen LogP contribution in [0.3, 0.4) is 0 Å². The third kappa shape index (κ3) is 2.20. The average molecular weight is 209 g/mol. The first kappa shape index (κ1) is 10.6. The van der Waals surface area contributed by atoms with Gasteiger partial charge < -0.3 is 5.11 Å². The van der Waals surface area contributed by atoms with Gasteiger partial charge in [0.05, 0.1) is 12.1 Å². The van der Waals surface area contributed by atoms with Gasteiger partial charge in [0.25, 0.3) is 0 Å². The lowest BCUT2D eigenvalue weighted by atomic mass is 9.87. The van der Waals surface area contributed by atoms with E-state index in [2.05, 4.69) is 17.0 Å². The number of nitrogens with zero attached hydrogens (tertiary/aromatic N) is 3. The first-order valence-corrected chi connectivity index (χ1v) is 5.79. The van der Waals surface area contributed by atoms with Crippen LogP contribution in [-0.2, 0) is 6.54 Å². The van der Waals surface area contributed by atoms with E-state index in [-0.39, 0.29) is 0 Å². The molecule has 1 aliphatic carbocycles. The molecule has 1 aromatic rings. The van der Waals surface area contributed by atoms with Crippen molar-refractivity contribution in [3.05, 3.63) is 12.7 Å². The molecule has 0 radical (unpaired) electrons. The molecule has 0 aromatic carbocycles. The van der Waals surface area contributed by atoms with Crippen LogP contribution in [0.2, 0.25) is 0 Å². The molecule has 1 aliphatic rings. The van der Waals surface area contributed by atoms with Crippen molar-refractivity contribution < 1.29 is 5.11 Å². The third-order valence-corrected chi connectivity index (χ3v) is 3.46. The highest BCUT2D eigenvalue weighted by molar-refractivity contribution is 4.91. The molecular formula is C11H19N3O. The van der Waals surface area contributed by atoms with Gasteiger partial charge >= 0.3 is 0 Å². The van der Waals surface area contributed by atoms with Gasteiger partial charge in [-0.25, -0.2) is 4.98 Å². The Balaban J connectivity index is 2.04. The second kappa shape index (κ2) is 4.31. The van der Waals surface area contributed by atoms with Crippen molar-refractivity contribution in [2.45, 2.75) is 51.2 Å². The maximum absolute atomic E-state index is 10.6. The fraction of sp³-hybridized carbons (Fsp3) is 0.818. The van der Waals surface area contributed by atoms with Crippen molar-refractivity contribution in [2.75, 3.05) is 0 Å². The van der Waals surface area contributed by atoms with E-state index in [9.17, 15) is 5.11 Å². The van der Waals surface area contributed by atoms with Crippen LogP contribution in [-0.4, -0.2) is 25.5 Å². The van der Waals surface area contributed by atoms with Crippen molar-refractivity contribution in [1.82, 2.24) is 14.8 Å². The molecule has 2 rings (SSSR count). The maximum atomic E-state index is 10.6. The van der Waals surface area contributed by atoms with Crippen molar-refractivity contribution in [1.29, 1.82) is 0 Å². The molecule has 1 aromatic heterocycles. The summed E-state index contributed by atoms with van der Waals surface area (Å²) in [4.78, 5) is 3.91. The standard InChI is InChI=1S/C11H19N3O/c1-2-4-10-5-3-6-11(10,15)7-14-9-12-8-13-14/h8-10,15H,2-7H2,1H3. The summed E-state index contributed by atoms with van der Waals surface area (Å²) >= 11 is 0. The van der Waals surface area contributed by atoms with Crippen LogP contribution in [0, 0.1) is 5.92 Å². The molecule has 0 aliphatic heterocycles. The molecule has 2 atom stereocenters. The quantitative estimate of drug-likeness (QED) is 0.819. The van der Waals surface area contributed by atoms with Crippen LogP contribution in [0.5, 0.6) is 0 Å². The minimum Gasteiger partial charge on any atom is -0.388 e. The summed E-state index contributed by atoms with van der Waals surface area (Å²) in [6, 6.07) is 0. The monoisotopic (exact) mass is 209 g/mol. The minimum absolute atomic E-state index is 0.437. The fourth-order valence-electron chi connectivity index (χ4n) is 2.69. The molecule has 0 amide bonds. The molecule has 2 unspecified atom stereocenters. The number of hydrogen-bond donors (Lipinski definition) is 1. The van der Waals surface area contributed by atoms with E-state index in [0.717, 1.165) is 32.1 Å². The second-order valence-electron chi connectivity index (χ2n) is 4.57. The average Bonchev–Trinajstić information content (AvgIpc) is 2.79. The van der Waals surface area contributed by atoms with E-state index in [1.165, 1.54) is 6.33 Å². The molecule has 0 bridgehead atoms. The van der Waals surface area contributed by atoms with E-state index in [0.29, 0.717) is 12.5 Å². The SMILES string of the molecule is CCCC1CCCC1(O)Cn1cncn1. The molecule has 84 valence electrons. The molecule has 0 saturated heterocycles. The molecule has 1 fully saturated rings. The van der Waals surface area contributed by atoms with Gasteiger partial charge in [0.2, 0.25) is 0 Å². The van der Waals surface area contributed by atoms with Crippen molar-refractivity contribution in [2.24, 2.45) is 5.92 Å². The molecule has 0 spiro atoms. The summed E-state index contributed by atoms with van der Waals surface area (Å²) in [5.74, 6) is 0.437. The van der Waals surface area contributed by atoms with Gasteiger partial charge in [-0.05, 0) is 25.2 Å². The summed E-state index contributed by atoms with van der Waals surface area (Å²) in [6.45, 7) is 2.77. The van der Waals surface area contributed by atoms with Crippen LogP contribution in [0.1, 0.15) is 39.0 Å². The Morgan fingerprint density at radius 2 is 2.47 bits per heavy atom. The molecule has 15 heavy (non-hydrogen) atoms. The van der Waals surface area contributed by atoms with Gasteiger partial charge in [0, 0.05) is 0 Å². The summed E-state index contributed by atoms with van der Waals surface area (Å²) < 4.78 is 1.74. The van der Waals surface area contributed by atoms with Crippen LogP contribution >= 0.6 is 0 Å². The highest BCUT2D eigenvalue weighted by Crippen LogP contribution is 2.39. The Labute approximate surface area is 90.3 Å². The predicted octanol–water partition coefficient (Wildman–Crippen LogP) is 1.61. The first-order valence-electron chi connectivity index (χ1n) is 5.79. The molecule has 1 saturated carbocycles. The highest BCUT2D eigenvalue weighted by atomic mass is 16.3. The van der Waals surface area contributed by atoms with Crippen LogP contribution < -0.4 is 0 Å². The van der Waals surface area contributed by atoms with Gasteiger partial charge in [-0.1, -0.05) is 19.8 Å². The lowest BCUT2D eigenvalue weighted by molar-refractivity contribution is -0.0194. The number of aliphatic hydroxyl groups is 1. The van der Waals surface area contributed by atoms with Gasteiger partial charge in [-0.15, -0.1) is 0 Å². The maximum Gasteiger partial charge on any atom is 0.137 e. The van der Waals surface area contributed by atoms with E-state index in [1.807, 2.05) is 0 Å². The summed E-state index contributed by atoms with van der Waals surface area (Å²) in [7, 11) is 0. The lowest BCUT2D eigenvalue weighted by Crippen LogP contribution is -2.38. The Hall–Kier alpha value is -0.900. The molecule has 4 nitrogen and oxygen atoms in total. The normalized spacial score (nSPS) is 30.9. The van der Waals surface area contributed by atoms with Crippen molar-refractivity contribution in [3.63, 3.8) is 0 Å². The predicted molar refractivity (Wildman–Crippen MR) is 57.2 cm³/mol. The van der Waals surface area contributed by atoms with Crippen molar-refractivity contribution in [3.8, 4) is 0 Å². The third-order valence-electron chi connectivity index (χ3n) is 3.46. The number of aromatic nitrogens is 3. The largest absolute Gasteiger partial charge is 0.388 e. The number of hydrogen-bond acceptors (Lipinski definition) is 3. The molecule has 1 heterocycles. The Morgan fingerprint density at radius 1 is 1.60 bits per heavy atom. The zero-order chi connectivity index (χ0) is 10.7. The Morgan fingerprint density at radius 3 is 3.13 bits per heavy atom. The number of rotatable bonds is 4. The minimum atomic E-state index is -0.552. The zero-order valence-corrected chi connectivity index (χ0v) is 9.26. The smallest absolute Gasteiger partial charge is 0.137 e. The van der Waals surface area contributed by atoms with Crippen LogP contribution in [0.25, 0.3) is 0 Å². The lowest BCUT2D eigenvalue weighted by Gasteiger charge is -2.29. The van der Waals surface area contributed by atoms with Crippen molar-refractivity contribution >= 4 is 0 Å². The molecular weight excluding hydrogens is 190 g/mol. The highest BCUT2D eigenvalue weighted by Gasteiger charge is 2.40. The zero-order valence-electron chi connectivity index (χ0n) is 9.26. The summed E-state index contributed by atoms with van der Waals surface area (Å²) in [5, 5.41) is 14.6. The van der Waals surface area contributed by atoms with E-state index >= 15 is 0 Å². The van der Waals surface area contributed by atoms with Gasteiger partial charge in [-0.3, -0.25) is 4.68 Å². The van der Waals surface area contributed by atoms with E-state index < -0.39 is 5.60 Å². The topological polar surface area (TPSA) is 50.9 Å². The Bertz CT molecular complexity index is 299. The van der Waals surface area contributed by atoms with Gasteiger partial charge in [-0.2, -0.15) is 5.10 Å². The van der Waals surface area contributed by atoms with E-state index in [4.69, 9.17) is 0 Å². The Kier molecular flexibility index (Phi) is 3.05. The van der Waals surface area contributed by atoms with Crippen LogP contribution in [0.15, 0.2) is 12.7 Å².